The first-order valence-electron chi connectivity index (χ1n) is 6.25. The summed E-state index contributed by atoms with van der Waals surface area (Å²) in [6, 6.07) is 7.93. The van der Waals surface area contributed by atoms with Gasteiger partial charge in [0.05, 0.1) is 7.11 Å². The summed E-state index contributed by atoms with van der Waals surface area (Å²) in [5, 5.41) is 7.48. The highest BCUT2D eigenvalue weighted by molar-refractivity contribution is 5.69. The highest BCUT2D eigenvalue weighted by Gasteiger charge is 2.19. The summed E-state index contributed by atoms with van der Waals surface area (Å²) in [4.78, 5) is 0. The Morgan fingerprint density at radius 3 is 3.17 bits per heavy atom. The number of nitrogens with one attached hydrogen (secondary N) is 1. The lowest BCUT2D eigenvalue weighted by atomic mass is 10.0. The molecule has 0 saturated heterocycles. The van der Waals surface area contributed by atoms with E-state index in [-0.39, 0.29) is 0 Å². The molecule has 0 radical (unpaired) electrons. The Kier molecular flexibility index (Phi) is 2.92. The quantitative estimate of drug-likeness (QED) is 0.881. The minimum Gasteiger partial charge on any atom is -0.497 e. The number of methoxy groups -OCH3 is 1. The Labute approximate surface area is 106 Å². The van der Waals surface area contributed by atoms with E-state index in [1.54, 1.807) is 7.11 Å². The zero-order valence-electron chi connectivity index (χ0n) is 10.4. The van der Waals surface area contributed by atoms with Gasteiger partial charge < -0.3 is 14.6 Å². The third-order valence-electron chi connectivity index (χ3n) is 3.27. The summed E-state index contributed by atoms with van der Waals surface area (Å²) in [5.41, 5.74) is 3.15. The maximum atomic E-state index is 5.39. The van der Waals surface area contributed by atoms with Crippen LogP contribution in [0.3, 0.4) is 0 Å². The van der Waals surface area contributed by atoms with Crippen LogP contribution in [0.4, 0.5) is 5.88 Å². The van der Waals surface area contributed by atoms with E-state index in [2.05, 4.69) is 10.5 Å². The minimum absolute atomic E-state index is 0.824. The summed E-state index contributed by atoms with van der Waals surface area (Å²) < 4.78 is 10.6. The van der Waals surface area contributed by atoms with Crippen LogP contribution in [0.1, 0.15) is 18.4 Å². The van der Waals surface area contributed by atoms with Crippen LogP contribution < -0.4 is 10.1 Å². The van der Waals surface area contributed by atoms with Crippen molar-refractivity contribution in [1.29, 1.82) is 0 Å². The van der Waals surface area contributed by atoms with Crippen LogP contribution in [0.5, 0.6) is 5.75 Å². The van der Waals surface area contributed by atoms with Gasteiger partial charge in [0.1, 0.15) is 11.4 Å². The Morgan fingerprint density at radius 1 is 1.33 bits per heavy atom. The molecule has 0 saturated carbocycles. The SMILES string of the molecule is COc1cccc(-c2noc3c2CCCCN3)c1. The summed E-state index contributed by atoms with van der Waals surface area (Å²) in [7, 11) is 1.67. The predicted octanol–water partition coefficient (Wildman–Crippen LogP) is 3.10. The van der Waals surface area contributed by atoms with Gasteiger partial charge in [-0.3, -0.25) is 0 Å². The van der Waals surface area contributed by atoms with Gasteiger partial charge in [-0.25, -0.2) is 0 Å². The molecule has 0 spiro atoms. The summed E-state index contributed by atoms with van der Waals surface area (Å²) in [6.45, 7) is 0.958. The van der Waals surface area contributed by atoms with Crippen molar-refractivity contribution < 1.29 is 9.26 Å². The van der Waals surface area contributed by atoms with Crippen molar-refractivity contribution in [2.45, 2.75) is 19.3 Å². The fourth-order valence-electron chi connectivity index (χ4n) is 2.31. The van der Waals surface area contributed by atoms with Crippen LogP contribution in [0, 0.1) is 0 Å². The van der Waals surface area contributed by atoms with Crippen LogP contribution in [-0.2, 0) is 6.42 Å². The molecule has 3 rings (SSSR count). The van der Waals surface area contributed by atoms with Gasteiger partial charge in [0.25, 0.3) is 0 Å². The molecule has 2 aromatic rings. The molecule has 2 heterocycles. The third-order valence-corrected chi connectivity index (χ3v) is 3.27. The lowest BCUT2D eigenvalue weighted by Crippen LogP contribution is -1.97. The molecule has 4 heteroatoms. The Bertz CT molecular complexity index is 548. The lowest BCUT2D eigenvalue weighted by molar-refractivity contribution is 0.414. The number of hydrogen-bond donors (Lipinski definition) is 1. The highest BCUT2D eigenvalue weighted by Crippen LogP contribution is 2.33. The van der Waals surface area contributed by atoms with Gasteiger partial charge in [-0.05, 0) is 31.4 Å². The third kappa shape index (κ3) is 1.94. The number of nitrogens with zero attached hydrogens (tertiary/aromatic N) is 1. The molecule has 1 aromatic heterocycles. The number of hydrogen-bond acceptors (Lipinski definition) is 4. The highest BCUT2D eigenvalue weighted by atomic mass is 16.5. The first kappa shape index (κ1) is 11.1. The molecule has 1 aromatic carbocycles. The van der Waals surface area contributed by atoms with E-state index in [4.69, 9.17) is 9.26 Å². The fraction of sp³-hybridized carbons (Fsp3) is 0.357. The van der Waals surface area contributed by atoms with Gasteiger partial charge >= 0.3 is 0 Å². The molecular formula is C14H16N2O2. The van der Waals surface area contributed by atoms with Crippen molar-refractivity contribution in [3.63, 3.8) is 0 Å². The molecule has 0 fully saturated rings. The van der Waals surface area contributed by atoms with Crippen molar-refractivity contribution in [3.8, 4) is 17.0 Å². The molecule has 4 nitrogen and oxygen atoms in total. The normalized spacial score (nSPS) is 14.5. The zero-order valence-corrected chi connectivity index (χ0v) is 10.4. The molecule has 18 heavy (non-hydrogen) atoms. The van der Waals surface area contributed by atoms with Gasteiger partial charge in [-0.15, -0.1) is 0 Å². The number of rotatable bonds is 2. The van der Waals surface area contributed by atoms with Crippen molar-refractivity contribution in [3.05, 3.63) is 29.8 Å². The number of ether oxygens (including phenoxy) is 1. The number of anilines is 1. The summed E-state index contributed by atoms with van der Waals surface area (Å²) in [5.74, 6) is 1.66. The fourth-order valence-corrected chi connectivity index (χ4v) is 2.31. The van der Waals surface area contributed by atoms with Crippen molar-refractivity contribution in [2.75, 3.05) is 19.0 Å². The first-order chi connectivity index (χ1) is 8.88. The maximum Gasteiger partial charge on any atom is 0.228 e. The molecule has 0 unspecified atom stereocenters. The standard InChI is InChI=1S/C14H16N2O2/c1-17-11-6-4-5-10(9-11)13-12-7-2-3-8-15-14(12)18-16-13/h4-6,9,15H,2-3,7-8H2,1H3. The molecule has 1 aliphatic heterocycles. The van der Waals surface area contributed by atoms with Gasteiger partial charge in [0.2, 0.25) is 5.88 Å². The molecule has 1 N–H and O–H groups in total. The molecule has 0 aliphatic carbocycles. The minimum atomic E-state index is 0.824. The average molecular weight is 244 g/mol. The van der Waals surface area contributed by atoms with Gasteiger partial charge in [-0.2, -0.15) is 0 Å². The molecule has 94 valence electrons. The average Bonchev–Trinajstić information content (AvgIpc) is 2.68. The Hall–Kier alpha value is -1.97. The van der Waals surface area contributed by atoms with Crippen molar-refractivity contribution >= 4 is 5.88 Å². The van der Waals surface area contributed by atoms with Crippen LogP contribution >= 0.6 is 0 Å². The van der Waals surface area contributed by atoms with Crippen LogP contribution in [0.2, 0.25) is 0 Å². The largest absolute Gasteiger partial charge is 0.497 e. The molecule has 1 aliphatic rings. The van der Waals surface area contributed by atoms with Gasteiger partial charge in [-0.1, -0.05) is 17.3 Å². The number of fused-ring (bicyclic) bond motifs is 1. The van der Waals surface area contributed by atoms with Gasteiger partial charge in [0, 0.05) is 17.7 Å². The Morgan fingerprint density at radius 2 is 2.28 bits per heavy atom. The smallest absolute Gasteiger partial charge is 0.228 e. The van der Waals surface area contributed by atoms with Crippen molar-refractivity contribution in [2.24, 2.45) is 0 Å². The molecular weight excluding hydrogens is 228 g/mol. The van der Waals surface area contributed by atoms with Crippen LogP contribution in [0.15, 0.2) is 28.8 Å². The van der Waals surface area contributed by atoms with Crippen molar-refractivity contribution in [1.82, 2.24) is 5.16 Å². The maximum absolute atomic E-state index is 5.39. The second-order valence-electron chi connectivity index (χ2n) is 4.45. The van der Waals surface area contributed by atoms with E-state index in [1.807, 2.05) is 24.3 Å². The topological polar surface area (TPSA) is 47.3 Å². The second kappa shape index (κ2) is 4.72. The second-order valence-corrected chi connectivity index (χ2v) is 4.45. The van der Waals surface area contributed by atoms with E-state index in [9.17, 15) is 0 Å². The van der Waals surface area contributed by atoms with Crippen LogP contribution in [0.25, 0.3) is 11.3 Å². The van der Waals surface area contributed by atoms with E-state index < -0.39 is 0 Å². The Balaban J connectivity index is 2.03. The predicted molar refractivity (Wildman–Crippen MR) is 69.9 cm³/mol. The monoisotopic (exact) mass is 244 g/mol. The lowest BCUT2D eigenvalue weighted by Gasteiger charge is -2.03. The number of aromatic nitrogens is 1. The van der Waals surface area contributed by atoms with E-state index in [0.29, 0.717) is 0 Å². The summed E-state index contributed by atoms with van der Waals surface area (Å²) in [6.07, 6.45) is 3.35. The van der Waals surface area contributed by atoms with E-state index in [0.717, 1.165) is 42.3 Å². The van der Waals surface area contributed by atoms with Crippen LogP contribution in [-0.4, -0.2) is 18.8 Å². The summed E-state index contributed by atoms with van der Waals surface area (Å²) >= 11 is 0. The molecule has 0 bridgehead atoms. The zero-order chi connectivity index (χ0) is 12.4. The van der Waals surface area contributed by atoms with E-state index >= 15 is 0 Å². The van der Waals surface area contributed by atoms with E-state index in [1.165, 1.54) is 12.0 Å². The number of benzene rings is 1. The molecule has 0 amide bonds. The first-order valence-corrected chi connectivity index (χ1v) is 6.25. The van der Waals surface area contributed by atoms with Gasteiger partial charge in [0.15, 0.2) is 0 Å². The molecule has 0 atom stereocenters.